The van der Waals surface area contributed by atoms with E-state index in [1.54, 1.807) is 31.2 Å². The van der Waals surface area contributed by atoms with Gasteiger partial charge in [0.1, 0.15) is 5.75 Å². The van der Waals surface area contributed by atoms with Gasteiger partial charge in [-0.2, -0.15) is 13.2 Å². The highest BCUT2D eigenvalue weighted by Crippen LogP contribution is 2.28. The Bertz CT molecular complexity index is 596. The van der Waals surface area contributed by atoms with E-state index < -0.39 is 19.2 Å². The first-order chi connectivity index (χ1) is 8.85. The summed E-state index contributed by atoms with van der Waals surface area (Å²) in [6.07, 6.45) is -5.21. The van der Waals surface area contributed by atoms with Crippen molar-refractivity contribution in [1.29, 1.82) is 0 Å². The van der Waals surface area contributed by atoms with E-state index in [1.807, 2.05) is 0 Å². The lowest BCUT2D eigenvalue weighted by Crippen LogP contribution is -2.13. The van der Waals surface area contributed by atoms with Crippen LogP contribution in [0.5, 0.6) is 5.75 Å². The molecule has 19 heavy (non-hydrogen) atoms. The van der Waals surface area contributed by atoms with E-state index in [1.165, 1.54) is 0 Å². The summed E-state index contributed by atoms with van der Waals surface area (Å²) in [4.78, 5) is 4.28. The van der Waals surface area contributed by atoms with Gasteiger partial charge in [0.25, 0.3) is 0 Å². The Morgan fingerprint density at radius 2 is 2.00 bits per heavy atom. The molecule has 0 spiro atoms. The van der Waals surface area contributed by atoms with Gasteiger partial charge in [0.15, 0.2) is 0 Å². The molecule has 102 valence electrons. The van der Waals surface area contributed by atoms with Gasteiger partial charge in [0, 0.05) is 22.8 Å². The van der Waals surface area contributed by atoms with Crippen LogP contribution in [0.1, 0.15) is 12.1 Å². The third-order valence-corrected chi connectivity index (χ3v) is 2.57. The average molecular weight is 270 g/mol. The first-order valence-corrected chi connectivity index (χ1v) is 5.71. The number of aromatic nitrogens is 1. The summed E-state index contributed by atoms with van der Waals surface area (Å²) in [5, 5.41) is 0.618. The average Bonchev–Trinajstić information content (AvgIpc) is 2.28. The number of nitrogens with zero attached hydrogens (tertiary/aromatic N) is 1. The van der Waals surface area contributed by atoms with Crippen molar-refractivity contribution in [1.82, 2.24) is 4.98 Å². The van der Waals surface area contributed by atoms with Gasteiger partial charge >= 0.3 is 6.18 Å². The minimum absolute atomic E-state index is 0.374. The van der Waals surface area contributed by atoms with Crippen molar-refractivity contribution < 1.29 is 17.9 Å². The van der Waals surface area contributed by atoms with E-state index in [9.17, 15) is 13.2 Å². The van der Waals surface area contributed by atoms with Crippen molar-refractivity contribution >= 4 is 16.6 Å². The van der Waals surface area contributed by atoms with Gasteiger partial charge < -0.3 is 10.5 Å². The molecular weight excluding hydrogens is 257 g/mol. The van der Waals surface area contributed by atoms with Crippen molar-refractivity contribution in [2.24, 2.45) is 0 Å². The molecule has 0 atom stereocenters. The fourth-order valence-electron chi connectivity index (χ4n) is 1.73. The Morgan fingerprint density at radius 1 is 1.26 bits per heavy atom. The van der Waals surface area contributed by atoms with E-state index in [0.717, 1.165) is 0 Å². The van der Waals surface area contributed by atoms with Gasteiger partial charge in [-0.15, -0.1) is 0 Å². The van der Waals surface area contributed by atoms with Crippen molar-refractivity contribution in [3.63, 3.8) is 0 Å². The van der Waals surface area contributed by atoms with Crippen molar-refractivity contribution in [3.05, 3.63) is 30.0 Å². The van der Waals surface area contributed by atoms with Crippen LogP contribution >= 0.6 is 0 Å². The number of rotatable bonds is 3. The Morgan fingerprint density at radius 3 is 2.68 bits per heavy atom. The third-order valence-electron chi connectivity index (χ3n) is 2.57. The molecule has 0 amide bonds. The predicted molar refractivity (Wildman–Crippen MR) is 67.1 cm³/mol. The number of hydrogen-bond acceptors (Lipinski definition) is 3. The summed E-state index contributed by atoms with van der Waals surface area (Å²) in [7, 11) is 0. The zero-order valence-electron chi connectivity index (χ0n) is 10.3. The Hall–Kier alpha value is -1.98. The van der Waals surface area contributed by atoms with Crippen LogP contribution in [0, 0.1) is 6.92 Å². The number of anilines is 1. The molecule has 0 aliphatic rings. The molecular formula is C13H13F3N2O. The summed E-state index contributed by atoms with van der Waals surface area (Å²) in [6.45, 7) is 1.34. The van der Waals surface area contributed by atoms with Gasteiger partial charge in [-0.3, -0.25) is 4.98 Å². The first-order valence-electron chi connectivity index (χ1n) is 5.71. The minimum atomic E-state index is -4.23. The molecule has 0 saturated carbocycles. The quantitative estimate of drug-likeness (QED) is 0.869. The summed E-state index contributed by atoms with van der Waals surface area (Å²) in [5.41, 5.74) is 7.51. The largest absolute Gasteiger partial charge is 0.492 e. The zero-order chi connectivity index (χ0) is 14.0. The molecule has 0 fully saturated rings. The SMILES string of the molecule is Cc1cc(OCCC(F)(F)F)c2cc(N)ccc2n1. The smallest absolute Gasteiger partial charge is 0.392 e. The molecule has 6 heteroatoms. The molecule has 1 heterocycles. The second kappa shape index (κ2) is 4.95. The number of nitrogens with two attached hydrogens (primary N) is 1. The van der Waals surface area contributed by atoms with E-state index >= 15 is 0 Å². The molecule has 3 nitrogen and oxygen atoms in total. The van der Waals surface area contributed by atoms with Crippen molar-refractivity contribution in [2.75, 3.05) is 12.3 Å². The summed E-state index contributed by atoms with van der Waals surface area (Å²) in [6, 6.07) is 6.66. The van der Waals surface area contributed by atoms with E-state index in [-0.39, 0.29) is 0 Å². The van der Waals surface area contributed by atoms with Crippen molar-refractivity contribution in [3.8, 4) is 5.75 Å². The van der Waals surface area contributed by atoms with Crippen LogP contribution in [0.3, 0.4) is 0 Å². The monoisotopic (exact) mass is 270 g/mol. The van der Waals surface area contributed by atoms with Crippen LogP contribution < -0.4 is 10.5 Å². The maximum Gasteiger partial charge on any atom is 0.392 e. The number of fused-ring (bicyclic) bond motifs is 1. The number of hydrogen-bond donors (Lipinski definition) is 1. The fourth-order valence-corrected chi connectivity index (χ4v) is 1.73. The van der Waals surface area contributed by atoms with Crippen LogP contribution in [0.15, 0.2) is 24.3 Å². The van der Waals surface area contributed by atoms with Gasteiger partial charge in [0.05, 0.1) is 18.5 Å². The lowest BCUT2D eigenvalue weighted by atomic mass is 10.1. The minimum Gasteiger partial charge on any atom is -0.492 e. The molecule has 0 saturated heterocycles. The van der Waals surface area contributed by atoms with E-state index in [0.29, 0.717) is 28.0 Å². The topological polar surface area (TPSA) is 48.1 Å². The number of benzene rings is 1. The maximum atomic E-state index is 12.1. The lowest BCUT2D eigenvalue weighted by molar-refractivity contribution is -0.139. The highest BCUT2D eigenvalue weighted by atomic mass is 19.4. The van der Waals surface area contributed by atoms with Crippen LogP contribution in [-0.2, 0) is 0 Å². The Kier molecular flexibility index (Phi) is 3.50. The fraction of sp³-hybridized carbons (Fsp3) is 0.308. The number of alkyl halides is 3. The number of ether oxygens (including phenoxy) is 1. The van der Waals surface area contributed by atoms with Crippen LogP contribution in [0.25, 0.3) is 10.9 Å². The highest BCUT2D eigenvalue weighted by molar-refractivity contribution is 5.87. The molecule has 2 N–H and O–H groups in total. The molecule has 0 aliphatic carbocycles. The van der Waals surface area contributed by atoms with Gasteiger partial charge in [-0.05, 0) is 25.1 Å². The number of halogens is 3. The molecule has 1 aromatic carbocycles. The molecule has 0 aliphatic heterocycles. The molecule has 1 aromatic heterocycles. The predicted octanol–water partition coefficient (Wildman–Crippen LogP) is 3.46. The molecule has 0 unspecified atom stereocenters. The summed E-state index contributed by atoms with van der Waals surface area (Å²) in [5.74, 6) is 0.374. The number of aryl methyl sites for hydroxylation is 1. The number of nitrogen functional groups attached to an aromatic ring is 1. The molecule has 0 radical (unpaired) electrons. The summed E-state index contributed by atoms with van der Waals surface area (Å²) >= 11 is 0. The van der Waals surface area contributed by atoms with Crippen LogP contribution in [-0.4, -0.2) is 17.8 Å². The van der Waals surface area contributed by atoms with E-state index in [2.05, 4.69) is 4.98 Å². The Labute approximate surface area is 108 Å². The second-order valence-corrected chi connectivity index (χ2v) is 4.25. The van der Waals surface area contributed by atoms with Crippen LogP contribution in [0.2, 0.25) is 0 Å². The zero-order valence-corrected chi connectivity index (χ0v) is 10.3. The highest BCUT2D eigenvalue weighted by Gasteiger charge is 2.27. The van der Waals surface area contributed by atoms with Gasteiger partial charge in [0.2, 0.25) is 0 Å². The third kappa shape index (κ3) is 3.49. The van der Waals surface area contributed by atoms with Gasteiger partial charge in [-0.1, -0.05) is 0 Å². The van der Waals surface area contributed by atoms with Gasteiger partial charge in [-0.25, -0.2) is 0 Å². The first kappa shape index (κ1) is 13.5. The maximum absolute atomic E-state index is 12.1. The molecule has 0 bridgehead atoms. The normalized spacial score (nSPS) is 11.8. The van der Waals surface area contributed by atoms with E-state index in [4.69, 9.17) is 10.5 Å². The Balaban J connectivity index is 2.28. The standard InChI is InChI=1S/C13H13F3N2O/c1-8-6-12(19-5-4-13(14,15)16)10-7-9(17)2-3-11(10)18-8/h2-3,6-7H,4-5,17H2,1H3. The molecule has 2 aromatic rings. The second-order valence-electron chi connectivity index (χ2n) is 4.25. The van der Waals surface area contributed by atoms with Crippen LogP contribution in [0.4, 0.5) is 18.9 Å². The van der Waals surface area contributed by atoms with Crippen molar-refractivity contribution in [2.45, 2.75) is 19.5 Å². The summed E-state index contributed by atoms with van der Waals surface area (Å²) < 4.78 is 41.5. The lowest BCUT2D eigenvalue weighted by Gasteiger charge is -2.12. The number of pyridine rings is 1. The molecule has 2 rings (SSSR count).